The molecule has 4 rings (SSSR count). The van der Waals surface area contributed by atoms with E-state index >= 15 is 0 Å². The number of oxazole rings is 1. The average Bonchev–Trinajstić information content (AvgIpc) is 3.05. The number of rotatable bonds is 2. The van der Waals surface area contributed by atoms with Crippen molar-refractivity contribution >= 4 is 34.6 Å². The van der Waals surface area contributed by atoms with Crippen LogP contribution in [0.3, 0.4) is 0 Å². The second-order valence-corrected chi connectivity index (χ2v) is 6.19. The molecule has 2 aromatic carbocycles. The number of piperazine rings is 1. The molecule has 0 bridgehead atoms. The molecule has 122 valence electrons. The Morgan fingerprint density at radius 3 is 2.58 bits per heavy atom. The molecule has 0 radical (unpaired) electrons. The fourth-order valence-corrected chi connectivity index (χ4v) is 3.09. The summed E-state index contributed by atoms with van der Waals surface area (Å²) in [6, 6.07) is 15.4. The summed E-state index contributed by atoms with van der Waals surface area (Å²) in [7, 11) is 0. The third-order valence-corrected chi connectivity index (χ3v) is 4.43. The van der Waals surface area contributed by atoms with Crippen LogP contribution in [0.1, 0.15) is 10.4 Å². The fourth-order valence-electron chi connectivity index (χ4n) is 2.90. The summed E-state index contributed by atoms with van der Waals surface area (Å²) >= 11 is 5.97. The highest BCUT2D eigenvalue weighted by Crippen LogP contribution is 2.23. The van der Waals surface area contributed by atoms with Gasteiger partial charge in [-0.25, -0.2) is 0 Å². The van der Waals surface area contributed by atoms with E-state index in [-0.39, 0.29) is 5.91 Å². The van der Waals surface area contributed by atoms with Crippen LogP contribution in [0.4, 0.5) is 6.01 Å². The van der Waals surface area contributed by atoms with Crippen molar-refractivity contribution in [2.45, 2.75) is 0 Å². The topological polar surface area (TPSA) is 49.6 Å². The van der Waals surface area contributed by atoms with Crippen molar-refractivity contribution in [3.05, 3.63) is 59.1 Å². The molecule has 1 aromatic heterocycles. The lowest BCUT2D eigenvalue weighted by molar-refractivity contribution is 0.0745. The zero-order chi connectivity index (χ0) is 16.5. The number of anilines is 1. The number of aromatic nitrogens is 1. The molecule has 0 N–H and O–H groups in total. The van der Waals surface area contributed by atoms with Crippen LogP contribution in [0.2, 0.25) is 5.02 Å². The van der Waals surface area contributed by atoms with E-state index in [1.165, 1.54) is 0 Å². The third-order valence-electron chi connectivity index (χ3n) is 4.19. The second-order valence-electron chi connectivity index (χ2n) is 5.75. The Labute approximate surface area is 144 Å². The van der Waals surface area contributed by atoms with E-state index in [0.29, 0.717) is 42.8 Å². The molecular formula is C18H16ClN3O2. The SMILES string of the molecule is O=C(c1cccc(Cl)c1)N1CCN(c2nc3ccccc3o2)CC1. The van der Waals surface area contributed by atoms with Gasteiger partial charge in [0.1, 0.15) is 5.52 Å². The molecule has 1 aliphatic heterocycles. The number of carbonyl (C=O) groups is 1. The van der Waals surface area contributed by atoms with Crippen molar-refractivity contribution in [2.24, 2.45) is 0 Å². The van der Waals surface area contributed by atoms with Gasteiger partial charge in [-0.2, -0.15) is 4.98 Å². The van der Waals surface area contributed by atoms with Gasteiger partial charge < -0.3 is 14.2 Å². The molecule has 2 heterocycles. The predicted octanol–water partition coefficient (Wildman–Crippen LogP) is 3.44. The molecule has 6 heteroatoms. The molecule has 0 atom stereocenters. The highest BCUT2D eigenvalue weighted by Gasteiger charge is 2.24. The first-order chi connectivity index (χ1) is 11.7. The molecule has 24 heavy (non-hydrogen) atoms. The fraction of sp³-hybridized carbons (Fsp3) is 0.222. The smallest absolute Gasteiger partial charge is 0.298 e. The number of benzene rings is 2. The number of hydrogen-bond acceptors (Lipinski definition) is 4. The van der Waals surface area contributed by atoms with Crippen molar-refractivity contribution in [1.82, 2.24) is 9.88 Å². The lowest BCUT2D eigenvalue weighted by Crippen LogP contribution is -2.48. The lowest BCUT2D eigenvalue weighted by Gasteiger charge is -2.33. The minimum atomic E-state index is 0.00900. The average molecular weight is 342 g/mol. The van der Waals surface area contributed by atoms with Crippen LogP contribution in [-0.2, 0) is 0 Å². The van der Waals surface area contributed by atoms with Gasteiger partial charge >= 0.3 is 0 Å². The normalized spacial score (nSPS) is 15.0. The molecule has 1 fully saturated rings. The second kappa shape index (κ2) is 6.17. The Balaban J connectivity index is 1.45. The number of amides is 1. The van der Waals surface area contributed by atoms with E-state index in [1.807, 2.05) is 29.2 Å². The van der Waals surface area contributed by atoms with Crippen molar-refractivity contribution < 1.29 is 9.21 Å². The molecular weight excluding hydrogens is 326 g/mol. The van der Waals surface area contributed by atoms with Crippen LogP contribution >= 0.6 is 11.6 Å². The monoisotopic (exact) mass is 341 g/mol. The summed E-state index contributed by atoms with van der Waals surface area (Å²) in [4.78, 5) is 21.0. The summed E-state index contributed by atoms with van der Waals surface area (Å²) in [5.41, 5.74) is 2.26. The maximum atomic E-state index is 12.5. The zero-order valence-electron chi connectivity index (χ0n) is 13.0. The van der Waals surface area contributed by atoms with Crippen LogP contribution in [0.15, 0.2) is 52.9 Å². The molecule has 0 aliphatic carbocycles. The Hall–Kier alpha value is -2.53. The van der Waals surface area contributed by atoms with E-state index in [1.54, 1.807) is 24.3 Å². The Morgan fingerprint density at radius 1 is 1.04 bits per heavy atom. The number of hydrogen-bond donors (Lipinski definition) is 0. The Bertz CT molecular complexity index is 852. The van der Waals surface area contributed by atoms with Gasteiger partial charge in [0.05, 0.1) is 0 Å². The van der Waals surface area contributed by atoms with Crippen LogP contribution in [0.25, 0.3) is 11.1 Å². The summed E-state index contributed by atoms with van der Waals surface area (Å²) < 4.78 is 5.80. The standard InChI is InChI=1S/C18H16ClN3O2/c19-14-5-3-4-13(12-14)17(23)21-8-10-22(11-9-21)18-20-15-6-1-2-7-16(15)24-18/h1-7,12H,8-11H2. The maximum Gasteiger partial charge on any atom is 0.298 e. The highest BCUT2D eigenvalue weighted by atomic mass is 35.5. The van der Waals surface area contributed by atoms with Gasteiger partial charge in [-0.15, -0.1) is 0 Å². The summed E-state index contributed by atoms with van der Waals surface area (Å²) in [6.45, 7) is 2.65. The van der Waals surface area contributed by atoms with E-state index in [2.05, 4.69) is 9.88 Å². The van der Waals surface area contributed by atoms with Crippen molar-refractivity contribution in [3.8, 4) is 0 Å². The van der Waals surface area contributed by atoms with E-state index in [0.717, 1.165) is 11.1 Å². The summed E-state index contributed by atoms with van der Waals surface area (Å²) in [5.74, 6) is 0.00900. The summed E-state index contributed by atoms with van der Waals surface area (Å²) in [6.07, 6.45) is 0. The van der Waals surface area contributed by atoms with Gasteiger partial charge in [-0.1, -0.05) is 29.8 Å². The number of nitrogens with zero attached hydrogens (tertiary/aromatic N) is 3. The molecule has 1 amide bonds. The van der Waals surface area contributed by atoms with Crippen molar-refractivity contribution in [2.75, 3.05) is 31.1 Å². The molecule has 1 saturated heterocycles. The minimum Gasteiger partial charge on any atom is -0.423 e. The largest absolute Gasteiger partial charge is 0.423 e. The van der Waals surface area contributed by atoms with Gasteiger partial charge in [-0.05, 0) is 30.3 Å². The first kappa shape index (κ1) is 15.0. The Kier molecular flexibility index (Phi) is 3.86. The molecule has 0 spiro atoms. The zero-order valence-corrected chi connectivity index (χ0v) is 13.7. The number of carbonyl (C=O) groups excluding carboxylic acids is 1. The van der Waals surface area contributed by atoms with Crippen LogP contribution in [0, 0.1) is 0 Å². The van der Waals surface area contributed by atoms with Gasteiger partial charge in [0.2, 0.25) is 0 Å². The highest BCUT2D eigenvalue weighted by molar-refractivity contribution is 6.30. The van der Waals surface area contributed by atoms with E-state index in [9.17, 15) is 4.79 Å². The predicted molar refractivity (Wildman–Crippen MR) is 93.6 cm³/mol. The molecule has 5 nitrogen and oxygen atoms in total. The van der Waals surface area contributed by atoms with Gasteiger partial charge in [0, 0.05) is 36.8 Å². The van der Waals surface area contributed by atoms with Gasteiger partial charge in [0.15, 0.2) is 5.58 Å². The van der Waals surface area contributed by atoms with Crippen LogP contribution in [0.5, 0.6) is 0 Å². The van der Waals surface area contributed by atoms with Crippen LogP contribution in [-0.4, -0.2) is 42.0 Å². The Morgan fingerprint density at radius 2 is 1.83 bits per heavy atom. The van der Waals surface area contributed by atoms with Gasteiger partial charge in [0.25, 0.3) is 11.9 Å². The van der Waals surface area contributed by atoms with E-state index < -0.39 is 0 Å². The minimum absolute atomic E-state index is 0.00900. The van der Waals surface area contributed by atoms with Crippen molar-refractivity contribution in [1.29, 1.82) is 0 Å². The quantitative estimate of drug-likeness (QED) is 0.716. The number of para-hydroxylation sites is 2. The maximum absolute atomic E-state index is 12.5. The summed E-state index contributed by atoms with van der Waals surface area (Å²) in [5, 5.41) is 0.575. The number of fused-ring (bicyclic) bond motifs is 1. The van der Waals surface area contributed by atoms with Crippen molar-refractivity contribution in [3.63, 3.8) is 0 Å². The number of halogens is 1. The lowest BCUT2D eigenvalue weighted by atomic mass is 10.2. The first-order valence-corrected chi connectivity index (χ1v) is 8.24. The molecule has 3 aromatic rings. The van der Waals surface area contributed by atoms with E-state index in [4.69, 9.17) is 16.0 Å². The van der Waals surface area contributed by atoms with Gasteiger partial charge in [-0.3, -0.25) is 4.79 Å². The molecule has 0 unspecified atom stereocenters. The first-order valence-electron chi connectivity index (χ1n) is 7.86. The molecule has 0 saturated carbocycles. The van der Waals surface area contributed by atoms with Crippen LogP contribution < -0.4 is 4.90 Å². The molecule has 1 aliphatic rings. The third kappa shape index (κ3) is 2.83.